The summed E-state index contributed by atoms with van der Waals surface area (Å²) in [5.41, 5.74) is 1.73. The van der Waals surface area contributed by atoms with Crippen molar-refractivity contribution in [3.05, 3.63) is 35.4 Å². The molecular weight excluding hydrogens is 160 g/mol. The van der Waals surface area contributed by atoms with E-state index in [-0.39, 0.29) is 5.38 Å². The predicted molar refractivity (Wildman–Crippen MR) is 46.1 cm³/mol. The Morgan fingerprint density at radius 1 is 1.36 bits per heavy atom. The Bertz CT molecular complexity index is 238. The third-order valence-corrected chi connectivity index (χ3v) is 1.78. The van der Waals surface area contributed by atoms with Crippen molar-refractivity contribution in [3.8, 4) is 0 Å². The first-order chi connectivity index (χ1) is 5.24. The van der Waals surface area contributed by atoms with Gasteiger partial charge in [-0.15, -0.1) is 11.6 Å². The van der Waals surface area contributed by atoms with Gasteiger partial charge in [0.1, 0.15) is 6.29 Å². The summed E-state index contributed by atoms with van der Waals surface area (Å²) in [5, 5.41) is 0.00991. The summed E-state index contributed by atoms with van der Waals surface area (Å²) in [7, 11) is 0. The topological polar surface area (TPSA) is 17.1 Å². The van der Waals surface area contributed by atoms with E-state index in [1.165, 1.54) is 0 Å². The van der Waals surface area contributed by atoms with E-state index < -0.39 is 0 Å². The number of hydrogen-bond acceptors (Lipinski definition) is 1. The third-order valence-electron chi connectivity index (χ3n) is 1.53. The zero-order chi connectivity index (χ0) is 8.27. The molecule has 1 aromatic rings. The number of alkyl halides is 1. The van der Waals surface area contributed by atoms with Crippen molar-refractivity contribution in [3.63, 3.8) is 0 Å². The van der Waals surface area contributed by atoms with Crippen LogP contribution in [0.4, 0.5) is 0 Å². The van der Waals surface area contributed by atoms with Crippen molar-refractivity contribution in [1.29, 1.82) is 0 Å². The van der Waals surface area contributed by atoms with Crippen LogP contribution in [-0.2, 0) is 0 Å². The van der Waals surface area contributed by atoms with E-state index in [9.17, 15) is 4.79 Å². The molecule has 2 heteroatoms. The van der Waals surface area contributed by atoms with Crippen molar-refractivity contribution in [2.24, 2.45) is 0 Å². The zero-order valence-electron chi connectivity index (χ0n) is 6.25. The number of hydrogen-bond donors (Lipinski definition) is 0. The lowest BCUT2D eigenvalue weighted by molar-refractivity contribution is 0.112. The Morgan fingerprint density at radius 2 is 1.91 bits per heavy atom. The Balaban J connectivity index is 2.91. The molecule has 0 N–H and O–H groups in total. The molecule has 1 nitrogen and oxygen atoms in total. The van der Waals surface area contributed by atoms with Crippen molar-refractivity contribution < 1.29 is 4.79 Å². The van der Waals surface area contributed by atoms with Crippen LogP contribution in [0.1, 0.15) is 28.2 Å². The van der Waals surface area contributed by atoms with Gasteiger partial charge in [0.15, 0.2) is 0 Å². The van der Waals surface area contributed by atoms with Gasteiger partial charge in [-0.2, -0.15) is 0 Å². The lowest BCUT2D eigenvalue weighted by atomic mass is 10.1. The lowest BCUT2D eigenvalue weighted by Gasteiger charge is -2.01. The molecule has 1 atom stereocenters. The molecular formula is C9H9ClO. The molecule has 0 aromatic heterocycles. The van der Waals surface area contributed by atoms with Crippen LogP contribution in [0.3, 0.4) is 0 Å². The highest BCUT2D eigenvalue weighted by atomic mass is 35.5. The van der Waals surface area contributed by atoms with Gasteiger partial charge in [-0.05, 0) is 12.5 Å². The fraction of sp³-hybridized carbons (Fsp3) is 0.222. The highest BCUT2D eigenvalue weighted by Crippen LogP contribution is 2.18. The molecule has 0 saturated heterocycles. The van der Waals surface area contributed by atoms with Crippen LogP contribution in [0.5, 0.6) is 0 Å². The van der Waals surface area contributed by atoms with Gasteiger partial charge in [-0.25, -0.2) is 0 Å². The van der Waals surface area contributed by atoms with Gasteiger partial charge in [0.25, 0.3) is 0 Å². The van der Waals surface area contributed by atoms with Crippen LogP contribution in [-0.4, -0.2) is 6.29 Å². The molecule has 1 rings (SSSR count). The first-order valence-electron chi connectivity index (χ1n) is 3.43. The van der Waals surface area contributed by atoms with Gasteiger partial charge >= 0.3 is 0 Å². The van der Waals surface area contributed by atoms with E-state index in [1.807, 2.05) is 19.1 Å². The van der Waals surface area contributed by atoms with Crippen LogP contribution in [0.15, 0.2) is 24.3 Å². The first-order valence-corrected chi connectivity index (χ1v) is 3.87. The van der Waals surface area contributed by atoms with Gasteiger partial charge in [-0.1, -0.05) is 24.3 Å². The van der Waals surface area contributed by atoms with Gasteiger partial charge < -0.3 is 0 Å². The maximum absolute atomic E-state index is 10.3. The second-order valence-electron chi connectivity index (χ2n) is 2.40. The average Bonchev–Trinajstić information content (AvgIpc) is 2.05. The Morgan fingerprint density at radius 3 is 2.27 bits per heavy atom. The van der Waals surface area contributed by atoms with Crippen LogP contribution in [0.25, 0.3) is 0 Å². The van der Waals surface area contributed by atoms with E-state index in [1.54, 1.807) is 12.1 Å². The van der Waals surface area contributed by atoms with Crippen molar-refractivity contribution in [2.45, 2.75) is 12.3 Å². The van der Waals surface area contributed by atoms with E-state index in [4.69, 9.17) is 11.6 Å². The van der Waals surface area contributed by atoms with Gasteiger partial charge in [0.05, 0.1) is 5.38 Å². The third kappa shape index (κ3) is 2.05. The summed E-state index contributed by atoms with van der Waals surface area (Å²) in [6.45, 7) is 1.90. The Kier molecular flexibility index (Phi) is 2.66. The Hall–Kier alpha value is -0.820. The standard InChI is InChI=1S/C9H9ClO/c1-7(10)9-4-2-8(6-11)3-5-9/h2-7H,1H3. The molecule has 0 saturated carbocycles. The monoisotopic (exact) mass is 168 g/mol. The second-order valence-corrected chi connectivity index (χ2v) is 3.06. The molecule has 0 spiro atoms. The maximum Gasteiger partial charge on any atom is 0.150 e. The van der Waals surface area contributed by atoms with E-state index in [0.29, 0.717) is 5.56 Å². The molecule has 1 aromatic carbocycles. The molecule has 0 heterocycles. The van der Waals surface area contributed by atoms with Gasteiger partial charge in [-0.3, -0.25) is 4.79 Å². The average molecular weight is 169 g/mol. The molecule has 58 valence electrons. The molecule has 1 unspecified atom stereocenters. The molecule has 0 aliphatic carbocycles. The number of aldehydes is 1. The van der Waals surface area contributed by atoms with Crippen molar-refractivity contribution in [2.75, 3.05) is 0 Å². The minimum atomic E-state index is 0.00991. The summed E-state index contributed by atoms with van der Waals surface area (Å²) in [6.07, 6.45) is 0.822. The summed E-state index contributed by atoms with van der Waals surface area (Å²) in [4.78, 5) is 10.3. The molecule has 0 bridgehead atoms. The van der Waals surface area contributed by atoms with Crippen LogP contribution >= 0.6 is 11.6 Å². The van der Waals surface area contributed by atoms with Crippen LogP contribution in [0, 0.1) is 0 Å². The van der Waals surface area contributed by atoms with Crippen molar-refractivity contribution >= 4 is 17.9 Å². The highest BCUT2D eigenvalue weighted by molar-refractivity contribution is 6.20. The molecule has 0 radical (unpaired) electrons. The smallest absolute Gasteiger partial charge is 0.150 e. The highest BCUT2D eigenvalue weighted by Gasteiger charge is 1.98. The molecule has 0 amide bonds. The summed E-state index contributed by atoms with van der Waals surface area (Å²) in [6, 6.07) is 7.26. The predicted octanol–water partition coefficient (Wildman–Crippen LogP) is 2.80. The number of benzene rings is 1. The van der Waals surface area contributed by atoms with Crippen LogP contribution in [0.2, 0.25) is 0 Å². The van der Waals surface area contributed by atoms with Crippen LogP contribution < -0.4 is 0 Å². The summed E-state index contributed by atoms with van der Waals surface area (Å²) in [5.74, 6) is 0. The normalized spacial score (nSPS) is 12.5. The van der Waals surface area contributed by atoms with Gasteiger partial charge in [0, 0.05) is 5.56 Å². The maximum atomic E-state index is 10.3. The number of carbonyl (C=O) groups excluding carboxylic acids is 1. The molecule has 11 heavy (non-hydrogen) atoms. The van der Waals surface area contributed by atoms with E-state index in [2.05, 4.69) is 0 Å². The zero-order valence-corrected chi connectivity index (χ0v) is 7.01. The quantitative estimate of drug-likeness (QED) is 0.490. The molecule has 0 fully saturated rings. The first kappa shape index (κ1) is 8.28. The summed E-state index contributed by atoms with van der Waals surface area (Å²) >= 11 is 5.81. The number of carbonyl (C=O) groups is 1. The van der Waals surface area contributed by atoms with Crippen molar-refractivity contribution in [1.82, 2.24) is 0 Å². The fourth-order valence-electron chi connectivity index (χ4n) is 0.840. The minimum Gasteiger partial charge on any atom is -0.298 e. The molecule has 0 aliphatic rings. The number of halogens is 1. The Labute approximate surface area is 71.0 Å². The number of rotatable bonds is 2. The SMILES string of the molecule is CC(Cl)c1ccc(C=O)cc1. The minimum absolute atomic E-state index is 0.00991. The largest absolute Gasteiger partial charge is 0.298 e. The second kappa shape index (κ2) is 3.54. The fourth-order valence-corrected chi connectivity index (χ4v) is 0.985. The lowest BCUT2D eigenvalue weighted by Crippen LogP contribution is -1.85. The van der Waals surface area contributed by atoms with Gasteiger partial charge in [0.2, 0.25) is 0 Å². The van der Waals surface area contributed by atoms with E-state index >= 15 is 0 Å². The molecule has 0 aliphatic heterocycles. The van der Waals surface area contributed by atoms with E-state index in [0.717, 1.165) is 11.8 Å². The summed E-state index contributed by atoms with van der Waals surface area (Å²) < 4.78 is 0.